The monoisotopic (exact) mass is 471 g/mol. The molecular formula is C27H20ClN2O4. The van der Waals surface area contributed by atoms with Crippen LogP contribution in [-0.2, 0) is 6.42 Å². The zero-order valence-electron chi connectivity index (χ0n) is 18.0. The summed E-state index contributed by atoms with van der Waals surface area (Å²) in [5.41, 5.74) is 1.66. The normalized spacial score (nSPS) is 11.7. The Labute approximate surface area is 201 Å². The number of rotatable bonds is 7. The van der Waals surface area contributed by atoms with Crippen molar-refractivity contribution in [1.29, 1.82) is 0 Å². The van der Waals surface area contributed by atoms with Crippen molar-refractivity contribution in [2.45, 2.75) is 12.3 Å². The summed E-state index contributed by atoms with van der Waals surface area (Å²) in [6, 6.07) is 21.9. The van der Waals surface area contributed by atoms with Crippen LogP contribution in [0.5, 0.6) is 0 Å². The smallest absolute Gasteiger partial charge is 0.277 e. The molecule has 1 unspecified atom stereocenters. The highest BCUT2D eigenvalue weighted by molar-refractivity contribution is 6.31. The zero-order chi connectivity index (χ0) is 24.2. The van der Waals surface area contributed by atoms with Gasteiger partial charge < -0.3 is 4.98 Å². The average molecular weight is 472 g/mol. The van der Waals surface area contributed by atoms with Crippen molar-refractivity contribution in [2.24, 2.45) is 0 Å². The zero-order valence-corrected chi connectivity index (χ0v) is 18.8. The van der Waals surface area contributed by atoms with Gasteiger partial charge in [-0.2, -0.15) is 0 Å². The van der Waals surface area contributed by atoms with Gasteiger partial charge in [0, 0.05) is 28.4 Å². The minimum absolute atomic E-state index is 0.143. The van der Waals surface area contributed by atoms with Crippen LogP contribution in [-0.4, -0.2) is 15.7 Å². The van der Waals surface area contributed by atoms with Crippen LogP contribution >= 0.6 is 11.6 Å². The van der Waals surface area contributed by atoms with Crippen LogP contribution in [0.3, 0.4) is 0 Å². The molecule has 0 aliphatic heterocycles. The van der Waals surface area contributed by atoms with E-state index in [0.717, 1.165) is 5.56 Å². The van der Waals surface area contributed by atoms with Crippen LogP contribution in [0, 0.1) is 17.0 Å². The molecule has 1 N–H and O–H groups in total. The summed E-state index contributed by atoms with van der Waals surface area (Å²) in [6.45, 7) is 3.96. The van der Waals surface area contributed by atoms with E-state index in [0.29, 0.717) is 11.1 Å². The van der Waals surface area contributed by atoms with E-state index in [1.807, 2.05) is 30.3 Å². The second kappa shape index (κ2) is 9.85. The average Bonchev–Trinajstić information content (AvgIpc) is 2.83. The predicted octanol–water partition coefficient (Wildman–Crippen LogP) is 5.99. The molecule has 4 rings (SSSR count). The molecule has 0 bridgehead atoms. The summed E-state index contributed by atoms with van der Waals surface area (Å²) in [7, 11) is 0. The quantitative estimate of drug-likeness (QED) is 0.203. The summed E-state index contributed by atoms with van der Waals surface area (Å²) in [4.78, 5) is 40.9. The summed E-state index contributed by atoms with van der Waals surface area (Å²) in [6.07, 6.45) is 1.63. The molecule has 1 aromatic heterocycles. The van der Waals surface area contributed by atoms with Crippen LogP contribution in [0.15, 0.2) is 89.9 Å². The molecular weight excluding hydrogens is 452 g/mol. The van der Waals surface area contributed by atoms with Crippen molar-refractivity contribution in [3.8, 4) is 11.1 Å². The maximum atomic E-state index is 13.8. The maximum Gasteiger partial charge on any atom is 0.277 e. The Morgan fingerprint density at radius 3 is 2.41 bits per heavy atom. The van der Waals surface area contributed by atoms with Crippen molar-refractivity contribution in [2.75, 3.05) is 0 Å². The highest BCUT2D eigenvalue weighted by Gasteiger charge is 2.30. The Balaban J connectivity index is 1.97. The molecule has 0 saturated carbocycles. The van der Waals surface area contributed by atoms with Gasteiger partial charge in [0.1, 0.15) is 0 Å². The molecule has 1 radical (unpaired) electrons. The number of pyridine rings is 1. The number of Topliss-reactive ketones (excluding diaryl/α,β-unsaturated/α-hetero) is 1. The highest BCUT2D eigenvalue weighted by atomic mass is 35.5. The number of nitrogens with zero attached hydrogens (tertiary/aromatic N) is 1. The highest BCUT2D eigenvalue weighted by Crippen LogP contribution is 2.37. The van der Waals surface area contributed by atoms with Crippen molar-refractivity contribution < 1.29 is 9.72 Å². The van der Waals surface area contributed by atoms with Gasteiger partial charge in [-0.1, -0.05) is 66.2 Å². The second-order valence-electron chi connectivity index (χ2n) is 7.82. The first-order valence-electron chi connectivity index (χ1n) is 10.5. The van der Waals surface area contributed by atoms with E-state index in [4.69, 9.17) is 11.6 Å². The molecule has 0 spiro atoms. The first-order valence-corrected chi connectivity index (χ1v) is 10.9. The van der Waals surface area contributed by atoms with E-state index in [-0.39, 0.29) is 39.6 Å². The minimum atomic E-state index is -0.913. The first kappa shape index (κ1) is 23.1. The fraction of sp³-hybridized carbons (Fsp3) is 0.0741. The molecule has 34 heavy (non-hydrogen) atoms. The van der Waals surface area contributed by atoms with Gasteiger partial charge in [-0.05, 0) is 48.2 Å². The van der Waals surface area contributed by atoms with Gasteiger partial charge in [-0.25, -0.2) is 0 Å². The molecule has 1 atom stereocenters. The van der Waals surface area contributed by atoms with Gasteiger partial charge in [-0.15, -0.1) is 0 Å². The van der Waals surface area contributed by atoms with E-state index in [2.05, 4.69) is 11.9 Å². The third kappa shape index (κ3) is 4.67. The van der Waals surface area contributed by atoms with E-state index in [1.165, 1.54) is 24.4 Å². The number of aromatic amines is 1. The first-order chi connectivity index (χ1) is 16.4. The summed E-state index contributed by atoms with van der Waals surface area (Å²) in [5.74, 6) is -1.21. The van der Waals surface area contributed by atoms with Crippen molar-refractivity contribution in [3.05, 3.63) is 140 Å². The number of hydrogen-bond donors (Lipinski definition) is 1. The molecule has 0 aliphatic carbocycles. The third-order valence-corrected chi connectivity index (χ3v) is 5.91. The van der Waals surface area contributed by atoms with Crippen LogP contribution in [0.2, 0.25) is 5.02 Å². The predicted molar refractivity (Wildman–Crippen MR) is 132 cm³/mol. The summed E-state index contributed by atoms with van der Waals surface area (Å²) >= 11 is 6.17. The topological polar surface area (TPSA) is 93.1 Å². The molecule has 0 fully saturated rings. The number of aromatic nitrogens is 1. The van der Waals surface area contributed by atoms with Gasteiger partial charge in [-0.3, -0.25) is 19.7 Å². The minimum Gasteiger partial charge on any atom is -0.329 e. The maximum absolute atomic E-state index is 13.8. The Hall–Kier alpha value is -4.03. The Kier molecular flexibility index (Phi) is 6.70. The van der Waals surface area contributed by atoms with E-state index < -0.39 is 16.4 Å². The summed E-state index contributed by atoms with van der Waals surface area (Å²) < 4.78 is 0. The van der Waals surface area contributed by atoms with Crippen LogP contribution in [0.1, 0.15) is 33.0 Å². The van der Waals surface area contributed by atoms with Gasteiger partial charge in [0.25, 0.3) is 11.2 Å². The van der Waals surface area contributed by atoms with Crippen LogP contribution in [0.25, 0.3) is 11.1 Å². The fourth-order valence-electron chi connectivity index (χ4n) is 4.08. The van der Waals surface area contributed by atoms with E-state index in [9.17, 15) is 19.7 Å². The number of ketones is 1. The molecule has 0 aliphatic rings. The molecule has 0 saturated heterocycles. The van der Waals surface area contributed by atoms with Gasteiger partial charge in [0.05, 0.1) is 16.4 Å². The van der Waals surface area contributed by atoms with Crippen molar-refractivity contribution in [1.82, 2.24) is 4.98 Å². The second-order valence-corrected chi connectivity index (χ2v) is 8.25. The lowest BCUT2D eigenvalue weighted by Crippen LogP contribution is -2.25. The Bertz CT molecular complexity index is 1430. The molecule has 1 heterocycles. The lowest BCUT2D eigenvalue weighted by atomic mass is 9.81. The molecule has 4 aromatic rings. The van der Waals surface area contributed by atoms with Crippen LogP contribution < -0.4 is 5.56 Å². The summed E-state index contributed by atoms with van der Waals surface area (Å²) in [5, 5.41) is 12.0. The van der Waals surface area contributed by atoms with Gasteiger partial charge in [0.2, 0.25) is 0 Å². The van der Waals surface area contributed by atoms with Crippen molar-refractivity contribution in [3.63, 3.8) is 0 Å². The molecule has 169 valence electrons. The number of nitro groups is 1. The molecule has 0 amide bonds. The van der Waals surface area contributed by atoms with E-state index in [1.54, 1.807) is 30.3 Å². The van der Waals surface area contributed by atoms with Gasteiger partial charge in [0.15, 0.2) is 5.78 Å². The van der Waals surface area contributed by atoms with Gasteiger partial charge >= 0.3 is 0 Å². The van der Waals surface area contributed by atoms with Crippen LogP contribution in [0.4, 0.5) is 5.69 Å². The number of carbonyl (C=O) groups is 1. The number of nitrogens with one attached hydrogen (secondary N) is 1. The lowest BCUT2D eigenvalue weighted by molar-refractivity contribution is -0.384. The number of benzene rings is 3. The standard InChI is InChI=1S/C27H20ClN2O4/c1-17-7-5-6-10-20(17)26(31)23(15-18-8-3-2-4-9-18)25-21(13-14-29-27(25)32)22-16-19(28)11-12-24(22)30(33)34/h2-14,16,23H,1,15H2,(H,29,32). The number of carbonyl (C=O) groups excluding carboxylic acids is 1. The fourth-order valence-corrected chi connectivity index (χ4v) is 4.25. The molecule has 6 nitrogen and oxygen atoms in total. The lowest BCUT2D eigenvalue weighted by Gasteiger charge is -2.20. The van der Waals surface area contributed by atoms with Crippen molar-refractivity contribution >= 4 is 23.1 Å². The number of nitro benzene ring substituents is 1. The molecule has 3 aromatic carbocycles. The Morgan fingerprint density at radius 2 is 1.71 bits per heavy atom. The SMILES string of the molecule is [CH2]c1ccccc1C(=O)C(Cc1ccccc1)c1c(-c2cc(Cl)ccc2[N+](=O)[O-])cc[nH]c1=O. The number of halogens is 1. The number of hydrogen-bond acceptors (Lipinski definition) is 4. The largest absolute Gasteiger partial charge is 0.329 e. The molecule has 7 heteroatoms. The number of H-pyrrole nitrogens is 1. The Morgan fingerprint density at radius 1 is 1.00 bits per heavy atom. The van der Waals surface area contributed by atoms with E-state index >= 15 is 0 Å². The third-order valence-electron chi connectivity index (χ3n) is 5.68.